The molecule has 1 fully saturated rings. The Morgan fingerprint density at radius 3 is 2.68 bits per heavy atom. The first-order valence-electron chi connectivity index (χ1n) is 6.65. The molecule has 2 N–H and O–H groups in total. The van der Waals surface area contributed by atoms with E-state index in [2.05, 4.69) is 10.6 Å². The van der Waals surface area contributed by atoms with Crippen molar-refractivity contribution >= 4 is 11.6 Å². The average molecular weight is 317 g/mol. The third-order valence-corrected chi connectivity index (χ3v) is 3.39. The molecule has 0 spiro atoms. The van der Waals surface area contributed by atoms with E-state index in [0.717, 1.165) is 25.5 Å². The maximum absolute atomic E-state index is 12.7. The summed E-state index contributed by atoms with van der Waals surface area (Å²) >= 11 is 0. The lowest BCUT2D eigenvalue weighted by Gasteiger charge is -2.12. The van der Waals surface area contributed by atoms with E-state index < -0.39 is 28.3 Å². The number of nitrogens with zero attached hydrogens (tertiary/aromatic N) is 1. The summed E-state index contributed by atoms with van der Waals surface area (Å²) < 4.78 is 38.2. The maximum Gasteiger partial charge on any atom is 0.416 e. The van der Waals surface area contributed by atoms with Crippen molar-refractivity contribution in [1.82, 2.24) is 10.6 Å². The monoisotopic (exact) mass is 317 g/mol. The van der Waals surface area contributed by atoms with Gasteiger partial charge in [-0.15, -0.1) is 0 Å². The van der Waals surface area contributed by atoms with E-state index in [-0.39, 0.29) is 18.2 Å². The summed E-state index contributed by atoms with van der Waals surface area (Å²) in [6.07, 6.45) is -2.92. The topological polar surface area (TPSA) is 84.3 Å². The number of non-ortho nitro benzene ring substituents is 1. The molecule has 0 unspecified atom stereocenters. The molecule has 1 aliphatic heterocycles. The summed E-state index contributed by atoms with van der Waals surface area (Å²) in [6, 6.07) is 1.94. The lowest BCUT2D eigenvalue weighted by Crippen LogP contribution is -2.37. The molecule has 1 heterocycles. The van der Waals surface area contributed by atoms with Crippen LogP contribution >= 0.6 is 0 Å². The third-order valence-electron chi connectivity index (χ3n) is 3.39. The van der Waals surface area contributed by atoms with E-state index >= 15 is 0 Å². The normalized spacial score (nSPS) is 18.2. The molecule has 1 amide bonds. The van der Waals surface area contributed by atoms with Gasteiger partial charge in [-0.25, -0.2) is 0 Å². The zero-order chi connectivity index (χ0) is 16.3. The van der Waals surface area contributed by atoms with Gasteiger partial charge in [-0.3, -0.25) is 14.9 Å². The summed E-state index contributed by atoms with van der Waals surface area (Å²) in [5.74, 6) is -0.761. The van der Waals surface area contributed by atoms with Crippen LogP contribution in [0.5, 0.6) is 0 Å². The number of hydrogen-bond acceptors (Lipinski definition) is 4. The lowest BCUT2D eigenvalue weighted by atomic mass is 10.1. The first kappa shape index (κ1) is 16.2. The summed E-state index contributed by atoms with van der Waals surface area (Å²) in [5.41, 5.74) is -2.36. The van der Waals surface area contributed by atoms with Gasteiger partial charge in [0.05, 0.1) is 10.5 Å². The Morgan fingerprint density at radius 2 is 2.14 bits per heavy atom. The van der Waals surface area contributed by atoms with Gasteiger partial charge in [0.2, 0.25) is 0 Å². The van der Waals surface area contributed by atoms with Crippen LogP contribution in [0.25, 0.3) is 0 Å². The van der Waals surface area contributed by atoms with E-state index in [1.807, 2.05) is 0 Å². The van der Waals surface area contributed by atoms with E-state index in [4.69, 9.17) is 0 Å². The zero-order valence-corrected chi connectivity index (χ0v) is 11.4. The van der Waals surface area contributed by atoms with Crippen molar-refractivity contribution in [2.45, 2.75) is 25.1 Å². The second-order valence-corrected chi connectivity index (χ2v) is 5.03. The predicted octanol–water partition coefficient (Wildman–Crippen LogP) is 2.10. The van der Waals surface area contributed by atoms with Gasteiger partial charge in [0.1, 0.15) is 0 Å². The summed E-state index contributed by atoms with van der Waals surface area (Å²) in [6.45, 7) is 1.10. The summed E-state index contributed by atoms with van der Waals surface area (Å²) in [5, 5.41) is 16.3. The van der Waals surface area contributed by atoms with Crippen molar-refractivity contribution in [1.29, 1.82) is 0 Å². The average Bonchev–Trinajstić information content (AvgIpc) is 2.96. The quantitative estimate of drug-likeness (QED) is 0.658. The van der Waals surface area contributed by atoms with Crippen molar-refractivity contribution in [3.05, 3.63) is 39.4 Å². The predicted molar refractivity (Wildman–Crippen MR) is 71.5 cm³/mol. The molecule has 120 valence electrons. The Labute approximate surface area is 123 Å². The number of halogens is 3. The molecule has 0 saturated carbocycles. The van der Waals surface area contributed by atoms with Crippen LogP contribution in [0.3, 0.4) is 0 Å². The molecule has 0 bridgehead atoms. The molecule has 2 rings (SSSR count). The summed E-state index contributed by atoms with van der Waals surface area (Å²) in [4.78, 5) is 21.7. The standard InChI is InChI=1S/C13H14F3N3O3/c14-13(15,16)9-4-8(5-11(6-9)19(21)22)12(20)18-7-10-2-1-3-17-10/h4-6,10,17H,1-3,7H2,(H,18,20)/t10-/m1/s1. The highest BCUT2D eigenvalue weighted by Gasteiger charge is 2.33. The molecular formula is C13H14F3N3O3. The number of hydrogen-bond donors (Lipinski definition) is 2. The van der Waals surface area contributed by atoms with Crippen LogP contribution < -0.4 is 10.6 Å². The first-order chi connectivity index (χ1) is 10.3. The van der Waals surface area contributed by atoms with E-state index in [1.54, 1.807) is 0 Å². The van der Waals surface area contributed by atoms with Gasteiger partial charge in [-0.2, -0.15) is 13.2 Å². The fourth-order valence-electron chi connectivity index (χ4n) is 2.26. The number of alkyl halides is 3. The second kappa shape index (κ2) is 6.30. The number of nitro groups is 1. The van der Waals surface area contributed by atoms with Crippen LogP contribution in [0.15, 0.2) is 18.2 Å². The molecular weight excluding hydrogens is 303 g/mol. The molecule has 1 aromatic rings. The SMILES string of the molecule is O=C(NC[C@H]1CCCN1)c1cc([N+](=O)[O-])cc(C(F)(F)F)c1. The number of rotatable bonds is 4. The van der Waals surface area contributed by atoms with E-state index in [9.17, 15) is 28.1 Å². The van der Waals surface area contributed by atoms with Gasteiger partial charge in [-0.05, 0) is 25.5 Å². The van der Waals surface area contributed by atoms with E-state index in [1.165, 1.54) is 0 Å². The number of amides is 1. The zero-order valence-electron chi connectivity index (χ0n) is 11.4. The Hall–Kier alpha value is -2.16. The molecule has 0 aliphatic carbocycles. The van der Waals surface area contributed by atoms with Gasteiger partial charge in [0, 0.05) is 30.3 Å². The molecule has 0 radical (unpaired) electrons. The minimum Gasteiger partial charge on any atom is -0.350 e. The first-order valence-corrected chi connectivity index (χ1v) is 6.65. The second-order valence-electron chi connectivity index (χ2n) is 5.03. The van der Waals surface area contributed by atoms with Crippen LogP contribution in [0.4, 0.5) is 18.9 Å². The Kier molecular flexibility index (Phi) is 4.65. The van der Waals surface area contributed by atoms with E-state index in [0.29, 0.717) is 12.1 Å². The Bertz CT molecular complexity index is 584. The van der Waals surface area contributed by atoms with Crippen LogP contribution in [0.1, 0.15) is 28.8 Å². The highest BCUT2D eigenvalue weighted by molar-refractivity contribution is 5.95. The maximum atomic E-state index is 12.7. The smallest absolute Gasteiger partial charge is 0.350 e. The van der Waals surface area contributed by atoms with Crippen LogP contribution in [0.2, 0.25) is 0 Å². The van der Waals surface area contributed by atoms with Gasteiger partial charge >= 0.3 is 6.18 Å². The number of nitro benzene ring substituents is 1. The van der Waals surface area contributed by atoms with Crippen molar-refractivity contribution in [3.63, 3.8) is 0 Å². The van der Waals surface area contributed by atoms with Crippen molar-refractivity contribution in [2.24, 2.45) is 0 Å². The molecule has 1 aliphatic rings. The van der Waals surface area contributed by atoms with Crippen LogP contribution in [-0.4, -0.2) is 30.0 Å². The molecule has 22 heavy (non-hydrogen) atoms. The number of carbonyl (C=O) groups is 1. The molecule has 1 aromatic carbocycles. The summed E-state index contributed by atoms with van der Waals surface area (Å²) in [7, 11) is 0. The minimum absolute atomic E-state index is 0.0738. The highest BCUT2D eigenvalue weighted by Crippen LogP contribution is 2.32. The van der Waals surface area contributed by atoms with Crippen molar-refractivity contribution in [3.8, 4) is 0 Å². The van der Waals surface area contributed by atoms with Crippen LogP contribution in [0, 0.1) is 10.1 Å². The van der Waals surface area contributed by atoms with Gasteiger partial charge in [0.25, 0.3) is 11.6 Å². The van der Waals surface area contributed by atoms with Crippen molar-refractivity contribution < 1.29 is 22.9 Å². The lowest BCUT2D eigenvalue weighted by molar-refractivity contribution is -0.385. The highest BCUT2D eigenvalue weighted by atomic mass is 19.4. The van der Waals surface area contributed by atoms with Crippen molar-refractivity contribution in [2.75, 3.05) is 13.1 Å². The molecule has 1 atom stereocenters. The minimum atomic E-state index is -4.76. The van der Waals surface area contributed by atoms with Gasteiger partial charge in [-0.1, -0.05) is 0 Å². The van der Waals surface area contributed by atoms with Gasteiger partial charge in [0.15, 0.2) is 0 Å². The third kappa shape index (κ3) is 3.94. The fourth-order valence-corrected chi connectivity index (χ4v) is 2.26. The Morgan fingerprint density at radius 1 is 1.41 bits per heavy atom. The molecule has 9 heteroatoms. The molecule has 0 aromatic heterocycles. The molecule has 1 saturated heterocycles. The van der Waals surface area contributed by atoms with Crippen LogP contribution in [-0.2, 0) is 6.18 Å². The number of nitrogens with one attached hydrogen (secondary N) is 2. The number of benzene rings is 1. The van der Waals surface area contributed by atoms with Gasteiger partial charge < -0.3 is 10.6 Å². The molecule has 6 nitrogen and oxygen atoms in total. The fraction of sp³-hybridized carbons (Fsp3) is 0.462. The Balaban J connectivity index is 2.19. The number of carbonyl (C=O) groups excluding carboxylic acids is 1. The largest absolute Gasteiger partial charge is 0.416 e.